The number of nitro groups is 1. The number of para-hydroxylation sites is 1. The minimum atomic E-state index is -1.34. The molecule has 0 atom stereocenters. The van der Waals surface area contributed by atoms with Crippen LogP contribution in [0.2, 0.25) is 0 Å². The Balaban J connectivity index is 2.88. The maximum absolute atomic E-state index is 10.9. The number of aryl methyl sites for hydroxylation is 1. The molecule has 0 fully saturated rings. The molecule has 0 aliphatic heterocycles. The maximum Gasteiger partial charge on any atom is 0.293 e. The molecule has 1 aromatic carbocycles. The Morgan fingerprint density at radius 1 is 1.47 bits per heavy atom. The number of rotatable bonds is 3. The highest BCUT2D eigenvalue weighted by atomic mass is 16.6. The summed E-state index contributed by atoms with van der Waals surface area (Å²) in [6.45, 7) is 2.06. The largest absolute Gasteiger partial charge is 0.543 e. The number of nitro benzene ring substituents is 1. The van der Waals surface area contributed by atoms with Gasteiger partial charge in [-0.05, 0) is 13.0 Å². The van der Waals surface area contributed by atoms with Crippen molar-refractivity contribution >= 4 is 22.6 Å². The van der Waals surface area contributed by atoms with Gasteiger partial charge in [-0.15, -0.1) is 0 Å². The van der Waals surface area contributed by atoms with Gasteiger partial charge in [-0.2, -0.15) is 0 Å². The molecule has 0 N–H and O–H groups in total. The average molecular weight is 233 g/mol. The molecule has 2 aromatic rings. The Morgan fingerprint density at radius 2 is 2.18 bits per heavy atom. The number of non-ortho nitro benzene ring substituents is 1. The lowest BCUT2D eigenvalue weighted by molar-refractivity contribution is -0.383. The van der Waals surface area contributed by atoms with Crippen molar-refractivity contribution in [3.63, 3.8) is 0 Å². The van der Waals surface area contributed by atoms with Crippen molar-refractivity contribution in [3.8, 4) is 0 Å². The number of nitrogens with zero attached hydrogens (tertiary/aromatic N) is 2. The van der Waals surface area contributed by atoms with E-state index in [9.17, 15) is 20.0 Å². The molecule has 6 nitrogen and oxygen atoms in total. The number of aromatic carboxylic acids is 1. The monoisotopic (exact) mass is 233 g/mol. The van der Waals surface area contributed by atoms with Crippen LogP contribution in [0.1, 0.15) is 17.4 Å². The van der Waals surface area contributed by atoms with E-state index in [1.807, 2.05) is 0 Å². The molecule has 0 bridgehead atoms. The Hall–Kier alpha value is -2.37. The van der Waals surface area contributed by atoms with Crippen LogP contribution in [0.4, 0.5) is 5.69 Å². The molecule has 0 saturated heterocycles. The fraction of sp³-hybridized carbons (Fsp3) is 0.182. The second-order valence-corrected chi connectivity index (χ2v) is 3.53. The smallest absolute Gasteiger partial charge is 0.293 e. The topological polar surface area (TPSA) is 88.2 Å². The zero-order valence-electron chi connectivity index (χ0n) is 9.04. The van der Waals surface area contributed by atoms with Crippen LogP contribution in [0.15, 0.2) is 24.3 Å². The molecular formula is C11H9N2O4-. The van der Waals surface area contributed by atoms with Crippen LogP contribution in [0.25, 0.3) is 10.9 Å². The van der Waals surface area contributed by atoms with E-state index in [1.165, 1.54) is 22.8 Å². The lowest BCUT2D eigenvalue weighted by Crippen LogP contribution is -2.25. The van der Waals surface area contributed by atoms with Crippen molar-refractivity contribution in [2.45, 2.75) is 13.5 Å². The van der Waals surface area contributed by atoms with Crippen LogP contribution >= 0.6 is 0 Å². The van der Waals surface area contributed by atoms with Crippen LogP contribution < -0.4 is 5.11 Å². The number of carbonyl (C=O) groups excluding carboxylic acids is 1. The molecule has 0 spiro atoms. The molecule has 1 heterocycles. The maximum atomic E-state index is 10.9. The van der Waals surface area contributed by atoms with Gasteiger partial charge in [-0.3, -0.25) is 10.1 Å². The Bertz CT molecular complexity index is 615. The predicted octanol–water partition coefficient (Wildman–Crippen LogP) is 0.933. The summed E-state index contributed by atoms with van der Waals surface area (Å²) < 4.78 is 1.38. The van der Waals surface area contributed by atoms with Crippen LogP contribution in [0.5, 0.6) is 0 Å². The van der Waals surface area contributed by atoms with Gasteiger partial charge < -0.3 is 14.5 Å². The fourth-order valence-electron chi connectivity index (χ4n) is 1.95. The quantitative estimate of drug-likeness (QED) is 0.582. The first kappa shape index (κ1) is 11.1. The molecule has 0 aliphatic carbocycles. The van der Waals surface area contributed by atoms with Gasteiger partial charge in [0.1, 0.15) is 5.52 Å². The lowest BCUT2D eigenvalue weighted by Gasteiger charge is -2.08. The first-order valence-electron chi connectivity index (χ1n) is 5.04. The minimum absolute atomic E-state index is 0.0446. The van der Waals surface area contributed by atoms with E-state index in [0.717, 1.165) is 0 Å². The van der Waals surface area contributed by atoms with Gasteiger partial charge in [-0.25, -0.2) is 0 Å². The van der Waals surface area contributed by atoms with Crippen LogP contribution in [0.3, 0.4) is 0 Å². The number of hydrogen-bond donors (Lipinski definition) is 0. The van der Waals surface area contributed by atoms with E-state index >= 15 is 0 Å². The normalized spacial score (nSPS) is 10.6. The number of hydrogen-bond acceptors (Lipinski definition) is 4. The Labute approximate surface area is 96.2 Å². The van der Waals surface area contributed by atoms with E-state index in [4.69, 9.17) is 0 Å². The number of carboxylic acids is 1. The minimum Gasteiger partial charge on any atom is -0.543 e. The summed E-state index contributed by atoms with van der Waals surface area (Å²) in [5, 5.41) is 22.3. The number of carboxylic acid groups (broad SMARTS) is 1. The van der Waals surface area contributed by atoms with Crippen molar-refractivity contribution in [2.75, 3.05) is 0 Å². The summed E-state index contributed by atoms with van der Waals surface area (Å²) in [7, 11) is 0. The lowest BCUT2D eigenvalue weighted by atomic mass is 10.2. The highest BCUT2D eigenvalue weighted by Gasteiger charge is 2.18. The second kappa shape index (κ2) is 3.89. The van der Waals surface area contributed by atoms with Crippen molar-refractivity contribution < 1.29 is 14.8 Å². The molecule has 2 rings (SSSR count). The SMILES string of the molecule is CCn1c(C(=O)[O-])cc2cccc([N+](=O)[O-])c21. The standard InChI is InChI=1S/C11H10N2O4/c1-2-12-9(11(14)15)6-7-4-3-5-8(10(7)12)13(16)17/h3-6H,2H2,1H3,(H,14,15)/p-1. The van der Waals surface area contributed by atoms with Gasteiger partial charge in [0.15, 0.2) is 0 Å². The van der Waals surface area contributed by atoms with Crippen LogP contribution in [-0.2, 0) is 6.54 Å². The van der Waals surface area contributed by atoms with E-state index in [0.29, 0.717) is 17.4 Å². The van der Waals surface area contributed by atoms with Gasteiger partial charge in [0, 0.05) is 18.0 Å². The van der Waals surface area contributed by atoms with Gasteiger partial charge in [0.05, 0.1) is 16.6 Å². The van der Waals surface area contributed by atoms with E-state index < -0.39 is 10.9 Å². The Kier molecular flexibility index (Phi) is 2.55. The molecular weight excluding hydrogens is 224 g/mol. The first-order chi connectivity index (χ1) is 8.06. The molecule has 0 saturated carbocycles. The molecule has 0 unspecified atom stereocenters. The number of fused-ring (bicyclic) bond motifs is 1. The molecule has 0 radical (unpaired) electrons. The molecule has 1 aromatic heterocycles. The zero-order chi connectivity index (χ0) is 12.6. The van der Waals surface area contributed by atoms with Crippen molar-refractivity contribution in [2.24, 2.45) is 0 Å². The highest BCUT2D eigenvalue weighted by Crippen LogP contribution is 2.28. The first-order valence-corrected chi connectivity index (χ1v) is 5.04. The number of benzene rings is 1. The third-order valence-corrected chi connectivity index (χ3v) is 2.62. The van der Waals surface area contributed by atoms with Gasteiger partial charge in [0.2, 0.25) is 0 Å². The molecule has 6 heteroatoms. The summed E-state index contributed by atoms with van der Waals surface area (Å²) >= 11 is 0. The molecule has 17 heavy (non-hydrogen) atoms. The zero-order valence-corrected chi connectivity index (χ0v) is 9.04. The average Bonchev–Trinajstić information content (AvgIpc) is 2.66. The highest BCUT2D eigenvalue weighted by molar-refractivity contribution is 5.97. The Morgan fingerprint density at radius 3 is 2.71 bits per heavy atom. The summed E-state index contributed by atoms with van der Waals surface area (Å²) in [4.78, 5) is 21.3. The van der Waals surface area contributed by atoms with Crippen molar-refractivity contribution in [1.29, 1.82) is 0 Å². The van der Waals surface area contributed by atoms with Gasteiger partial charge >= 0.3 is 0 Å². The van der Waals surface area contributed by atoms with Crippen molar-refractivity contribution in [3.05, 3.63) is 40.1 Å². The molecule has 0 aliphatic rings. The number of carbonyl (C=O) groups is 1. The second-order valence-electron chi connectivity index (χ2n) is 3.53. The van der Waals surface area contributed by atoms with Crippen LogP contribution in [0, 0.1) is 10.1 Å². The van der Waals surface area contributed by atoms with Gasteiger partial charge in [0.25, 0.3) is 5.69 Å². The van der Waals surface area contributed by atoms with Crippen molar-refractivity contribution in [1.82, 2.24) is 4.57 Å². The summed E-state index contributed by atoms with van der Waals surface area (Å²) in [5.41, 5.74) is 0.174. The van der Waals surface area contributed by atoms with Crippen LogP contribution in [-0.4, -0.2) is 15.5 Å². The molecule has 88 valence electrons. The van der Waals surface area contributed by atoms with E-state index in [1.54, 1.807) is 13.0 Å². The van der Waals surface area contributed by atoms with Gasteiger partial charge in [-0.1, -0.05) is 12.1 Å². The molecule has 0 amide bonds. The summed E-state index contributed by atoms with van der Waals surface area (Å²) in [6.07, 6.45) is 0. The van der Waals surface area contributed by atoms with E-state index in [2.05, 4.69) is 0 Å². The number of aromatic nitrogens is 1. The van der Waals surface area contributed by atoms with E-state index in [-0.39, 0.29) is 11.4 Å². The third kappa shape index (κ3) is 1.63. The summed E-state index contributed by atoms with van der Waals surface area (Å²) in [5.74, 6) is -1.34. The predicted molar refractivity (Wildman–Crippen MR) is 58.6 cm³/mol. The summed E-state index contributed by atoms with van der Waals surface area (Å²) in [6, 6.07) is 5.91. The fourth-order valence-corrected chi connectivity index (χ4v) is 1.95. The third-order valence-electron chi connectivity index (χ3n) is 2.62.